The van der Waals surface area contributed by atoms with Crippen molar-refractivity contribution in [3.05, 3.63) is 36.4 Å². The standard InChI is InChI=1S/C14H17NO/c1-10(12-6-5-7-12)15-14-9-4-3-8-13(14)11(2)16/h3-4,8-9,12,16H,2,5-7H2,1H3/b15-10+. The Labute approximate surface area is 96.3 Å². The van der Waals surface area contributed by atoms with Gasteiger partial charge in [0.05, 0.1) is 5.69 Å². The Balaban J connectivity index is 2.29. The highest BCUT2D eigenvalue weighted by Crippen LogP contribution is 2.30. The number of hydrogen-bond donors (Lipinski definition) is 1. The van der Waals surface area contributed by atoms with Gasteiger partial charge in [0.25, 0.3) is 0 Å². The van der Waals surface area contributed by atoms with Crippen LogP contribution >= 0.6 is 0 Å². The highest BCUT2D eigenvalue weighted by atomic mass is 16.3. The zero-order valence-electron chi connectivity index (χ0n) is 9.61. The maximum absolute atomic E-state index is 9.46. The SMILES string of the molecule is C=C(O)c1ccccc1/N=C(\C)C1CCC1. The molecule has 1 aliphatic rings. The average Bonchev–Trinajstić information content (AvgIpc) is 2.15. The van der Waals surface area contributed by atoms with Crippen molar-refractivity contribution >= 4 is 17.2 Å². The lowest BCUT2D eigenvalue weighted by Crippen LogP contribution is -2.19. The van der Waals surface area contributed by atoms with Gasteiger partial charge in [0.15, 0.2) is 0 Å². The van der Waals surface area contributed by atoms with Gasteiger partial charge >= 0.3 is 0 Å². The molecule has 1 saturated carbocycles. The van der Waals surface area contributed by atoms with Crippen LogP contribution in [0.2, 0.25) is 0 Å². The van der Waals surface area contributed by atoms with E-state index in [0.717, 1.165) is 11.3 Å². The summed E-state index contributed by atoms with van der Waals surface area (Å²) in [6.07, 6.45) is 3.81. The van der Waals surface area contributed by atoms with E-state index in [9.17, 15) is 5.11 Å². The van der Waals surface area contributed by atoms with Crippen molar-refractivity contribution < 1.29 is 5.11 Å². The van der Waals surface area contributed by atoms with E-state index in [0.29, 0.717) is 5.92 Å². The lowest BCUT2D eigenvalue weighted by molar-refractivity contribution is 0.412. The third-order valence-electron chi connectivity index (χ3n) is 3.21. The fourth-order valence-corrected chi connectivity index (χ4v) is 1.92. The van der Waals surface area contributed by atoms with Gasteiger partial charge in [0.2, 0.25) is 0 Å². The second kappa shape index (κ2) is 4.52. The number of para-hydroxylation sites is 1. The second-order valence-electron chi connectivity index (χ2n) is 4.34. The minimum absolute atomic E-state index is 0.0840. The molecule has 2 nitrogen and oxygen atoms in total. The maximum Gasteiger partial charge on any atom is 0.117 e. The first kappa shape index (κ1) is 10.9. The maximum atomic E-state index is 9.46. The van der Waals surface area contributed by atoms with Crippen LogP contribution in [0.3, 0.4) is 0 Å². The van der Waals surface area contributed by atoms with E-state index in [1.807, 2.05) is 24.3 Å². The molecule has 0 aliphatic heterocycles. The normalized spacial score (nSPS) is 16.9. The van der Waals surface area contributed by atoms with Crippen LogP contribution in [0.15, 0.2) is 35.8 Å². The first-order chi connectivity index (χ1) is 7.68. The second-order valence-corrected chi connectivity index (χ2v) is 4.34. The highest BCUT2D eigenvalue weighted by Gasteiger charge is 2.20. The van der Waals surface area contributed by atoms with E-state index in [2.05, 4.69) is 18.5 Å². The molecule has 2 rings (SSSR count). The number of aliphatic hydroxyl groups is 1. The summed E-state index contributed by atoms with van der Waals surface area (Å²) in [4.78, 5) is 4.60. The van der Waals surface area contributed by atoms with Gasteiger partial charge in [-0.3, -0.25) is 4.99 Å². The zero-order chi connectivity index (χ0) is 11.5. The summed E-state index contributed by atoms with van der Waals surface area (Å²) in [5, 5.41) is 9.46. The van der Waals surface area contributed by atoms with Crippen LogP contribution in [0.25, 0.3) is 5.76 Å². The van der Waals surface area contributed by atoms with Crippen molar-refractivity contribution in [1.29, 1.82) is 0 Å². The predicted octanol–water partition coefficient (Wildman–Crippen LogP) is 4.11. The average molecular weight is 215 g/mol. The molecular weight excluding hydrogens is 198 g/mol. The number of hydrogen-bond acceptors (Lipinski definition) is 2. The van der Waals surface area contributed by atoms with E-state index >= 15 is 0 Å². The molecule has 0 unspecified atom stereocenters. The molecular formula is C14H17NO. The van der Waals surface area contributed by atoms with E-state index in [-0.39, 0.29) is 5.76 Å². The first-order valence-electron chi connectivity index (χ1n) is 5.71. The Morgan fingerprint density at radius 3 is 2.62 bits per heavy atom. The van der Waals surface area contributed by atoms with Gasteiger partial charge < -0.3 is 5.11 Å². The lowest BCUT2D eigenvalue weighted by atomic mass is 9.82. The molecule has 0 aromatic heterocycles. The molecule has 1 N–H and O–H groups in total. The van der Waals surface area contributed by atoms with Crippen LogP contribution in [0.4, 0.5) is 5.69 Å². The molecule has 0 atom stereocenters. The Morgan fingerprint density at radius 2 is 2.06 bits per heavy atom. The van der Waals surface area contributed by atoms with Crippen LogP contribution < -0.4 is 0 Å². The molecule has 0 saturated heterocycles. The van der Waals surface area contributed by atoms with Crippen molar-refractivity contribution in [1.82, 2.24) is 0 Å². The number of benzene rings is 1. The van der Waals surface area contributed by atoms with E-state index in [1.165, 1.54) is 25.0 Å². The fourth-order valence-electron chi connectivity index (χ4n) is 1.92. The molecule has 0 bridgehead atoms. The van der Waals surface area contributed by atoms with Gasteiger partial charge in [-0.05, 0) is 37.8 Å². The molecule has 1 fully saturated rings. The van der Waals surface area contributed by atoms with Gasteiger partial charge in [0, 0.05) is 11.3 Å². The van der Waals surface area contributed by atoms with Crippen LogP contribution in [-0.4, -0.2) is 10.8 Å². The predicted molar refractivity (Wildman–Crippen MR) is 68.2 cm³/mol. The van der Waals surface area contributed by atoms with Crippen LogP contribution in [0.1, 0.15) is 31.7 Å². The first-order valence-corrected chi connectivity index (χ1v) is 5.71. The van der Waals surface area contributed by atoms with Gasteiger partial charge in [0.1, 0.15) is 5.76 Å². The molecule has 0 heterocycles. The third-order valence-corrected chi connectivity index (χ3v) is 3.21. The van der Waals surface area contributed by atoms with Gasteiger partial charge in [-0.2, -0.15) is 0 Å². The van der Waals surface area contributed by atoms with Crippen molar-refractivity contribution in [3.8, 4) is 0 Å². The summed E-state index contributed by atoms with van der Waals surface area (Å²) in [6, 6.07) is 7.57. The summed E-state index contributed by atoms with van der Waals surface area (Å²) in [5.41, 5.74) is 2.71. The smallest absolute Gasteiger partial charge is 0.117 e. The van der Waals surface area contributed by atoms with Crippen molar-refractivity contribution in [2.24, 2.45) is 10.9 Å². The molecule has 84 valence electrons. The van der Waals surface area contributed by atoms with Gasteiger partial charge in [-0.15, -0.1) is 0 Å². The van der Waals surface area contributed by atoms with Crippen LogP contribution in [0, 0.1) is 5.92 Å². The van der Waals surface area contributed by atoms with E-state index < -0.39 is 0 Å². The fraction of sp³-hybridized carbons (Fsp3) is 0.357. The topological polar surface area (TPSA) is 32.6 Å². The summed E-state index contributed by atoms with van der Waals surface area (Å²) in [6.45, 7) is 5.63. The molecule has 0 radical (unpaired) electrons. The summed E-state index contributed by atoms with van der Waals surface area (Å²) in [7, 11) is 0. The lowest BCUT2D eigenvalue weighted by Gasteiger charge is -2.25. The quantitative estimate of drug-likeness (QED) is 0.597. The summed E-state index contributed by atoms with van der Waals surface area (Å²) >= 11 is 0. The number of aliphatic hydroxyl groups excluding tert-OH is 1. The van der Waals surface area contributed by atoms with Gasteiger partial charge in [-0.1, -0.05) is 25.1 Å². The Bertz CT molecular complexity index is 430. The van der Waals surface area contributed by atoms with Crippen molar-refractivity contribution in [2.75, 3.05) is 0 Å². The van der Waals surface area contributed by atoms with Gasteiger partial charge in [-0.25, -0.2) is 0 Å². The molecule has 16 heavy (non-hydrogen) atoms. The highest BCUT2D eigenvalue weighted by molar-refractivity contribution is 5.88. The van der Waals surface area contributed by atoms with Crippen LogP contribution in [-0.2, 0) is 0 Å². The zero-order valence-corrected chi connectivity index (χ0v) is 9.61. The number of rotatable bonds is 3. The molecule has 0 spiro atoms. The van der Waals surface area contributed by atoms with E-state index in [4.69, 9.17) is 0 Å². The summed E-state index contributed by atoms with van der Waals surface area (Å²) < 4.78 is 0. The Hall–Kier alpha value is -1.57. The Morgan fingerprint density at radius 1 is 1.38 bits per heavy atom. The Kier molecular flexibility index (Phi) is 3.09. The number of aliphatic imine (C=N–C) groups is 1. The largest absolute Gasteiger partial charge is 0.508 e. The van der Waals surface area contributed by atoms with Crippen LogP contribution in [0.5, 0.6) is 0 Å². The minimum atomic E-state index is 0.0840. The summed E-state index contributed by atoms with van der Waals surface area (Å²) in [5.74, 6) is 0.723. The van der Waals surface area contributed by atoms with E-state index in [1.54, 1.807) is 0 Å². The number of nitrogens with zero attached hydrogens (tertiary/aromatic N) is 1. The molecule has 1 aliphatic carbocycles. The monoisotopic (exact) mass is 215 g/mol. The molecule has 1 aromatic rings. The van der Waals surface area contributed by atoms with Crippen molar-refractivity contribution in [3.63, 3.8) is 0 Å². The minimum Gasteiger partial charge on any atom is -0.508 e. The molecule has 0 amide bonds. The molecule has 1 aromatic carbocycles. The van der Waals surface area contributed by atoms with Crippen molar-refractivity contribution in [2.45, 2.75) is 26.2 Å². The third kappa shape index (κ3) is 2.16. The molecule has 2 heteroatoms.